The number of anilines is 2. The van der Waals surface area contributed by atoms with Crippen LogP contribution in [0.4, 0.5) is 25.0 Å². The van der Waals surface area contributed by atoms with Crippen LogP contribution in [-0.2, 0) is 17.6 Å². The van der Waals surface area contributed by atoms with Crippen LogP contribution in [0.15, 0.2) is 36.4 Å². The van der Waals surface area contributed by atoms with Crippen molar-refractivity contribution in [3.63, 3.8) is 0 Å². The third-order valence-corrected chi connectivity index (χ3v) is 7.94. The van der Waals surface area contributed by atoms with Crippen LogP contribution in [0.25, 0.3) is 10.9 Å². The van der Waals surface area contributed by atoms with Crippen molar-refractivity contribution in [2.75, 3.05) is 30.3 Å². The van der Waals surface area contributed by atoms with Crippen molar-refractivity contribution in [3.05, 3.63) is 64.3 Å². The Morgan fingerprint density at radius 2 is 1.80 bits per heavy atom. The molecule has 0 bridgehead atoms. The number of likely N-dealkylation sites (tertiary alicyclic amines) is 1. The van der Waals surface area contributed by atoms with Crippen LogP contribution in [0.3, 0.4) is 0 Å². The van der Waals surface area contributed by atoms with E-state index in [4.69, 9.17) is 16.6 Å². The van der Waals surface area contributed by atoms with E-state index in [2.05, 4.69) is 16.0 Å². The fraction of sp³-hybridized carbons (Fsp3) is 0.433. The number of amides is 3. The molecule has 2 aliphatic rings. The van der Waals surface area contributed by atoms with Gasteiger partial charge in [0.25, 0.3) is 0 Å². The number of aryl methyl sites for hydroxylation is 1. The van der Waals surface area contributed by atoms with Gasteiger partial charge in [-0.3, -0.25) is 9.78 Å². The molecule has 2 heterocycles. The Hall–Kier alpha value is -3.46. The number of rotatable bonds is 8. The molecule has 0 atom stereocenters. The quantitative estimate of drug-likeness (QED) is 0.272. The highest BCUT2D eigenvalue weighted by molar-refractivity contribution is 6.31. The van der Waals surface area contributed by atoms with E-state index >= 15 is 0 Å². The van der Waals surface area contributed by atoms with Gasteiger partial charge in [-0.15, -0.1) is 0 Å². The first-order valence-electron chi connectivity index (χ1n) is 14.0. The van der Waals surface area contributed by atoms with Crippen LogP contribution < -0.4 is 16.0 Å². The molecule has 1 aromatic heterocycles. The van der Waals surface area contributed by atoms with Gasteiger partial charge < -0.3 is 20.9 Å². The minimum absolute atomic E-state index is 0.0884. The van der Waals surface area contributed by atoms with Gasteiger partial charge in [0.05, 0.1) is 5.52 Å². The molecule has 40 heavy (non-hydrogen) atoms. The summed E-state index contributed by atoms with van der Waals surface area (Å²) in [5.41, 5.74) is 4.74. The molecule has 5 rings (SSSR count). The third-order valence-electron chi connectivity index (χ3n) is 7.70. The van der Waals surface area contributed by atoms with Crippen LogP contribution in [0.2, 0.25) is 5.02 Å². The molecule has 212 valence electrons. The Bertz CT molecular complexity index is 1390. The van der Waals surface area contributed by atoms with Gasteiger partial charge in [-0.25, -0.2) is 13.6 Å². The summed E-state index contributed by atoms with van der Waals surface area (Å²) in [6, 6.07) is 8.51. The average molecular weight is 570 g/mol. The van der Waals surface area contributed by atoms with Crippen molar-refractivity contribution in [1.29, 1.82) is 0 Å². The minimum atomic E-state index is -1.02. The van der Waals surface area contributed by atoms with Gasteiger partial charge in [-0.05, 0) is 87.3 Å². The van der Waals surface area contributed by atoms with Crippen LogP contribution in [0.1, 0.15) is 56.2 Å². The maximum Gasteiger partial charge on any atom is 0.319 e. The van der Waals surface area contributed by atoms with Crippen LogP contribution >= 0.6 is 11.6 Å². The first-order chi connectivity index (χ1) is 19.4. The second kappa shape index (κ2) is 12.8. The predicted octanol–water partition coefficient (Wildman–Crippen LogP) is 6.44. The molecule has 1 aliphatic heterocycles. The molecule has 7 nitrogen and oxygen atoms in total. The summed E-state index contributed by atoms with van der Waals surface area (Å²) >= 11 is 6.22. The number of pyridine rings is 1. The third kappa shape index (κ3) is 6.81. The second-order valence-electron chi connectivity index (χ2n) is 10.5. The Morgan fingerprint density at radius 3 is 2.60 bits per heavy atom. The van der Waals surface area contributed by atoms with Gasteiger partial charge >= 0.3 is 6.03 Å². The Morgan fingerprint density at radius 1 is 1.00 bits per heavy atom. The molecular formula is C30H34ClF2N5O2. The molecule has 2 aromatic carbocycles. The lowest BCUT2D eigenvalue weighted by molar-refractivity contribution is -0.132. The van der Waals surface area contributed by atoms with E-state index in [-0.39, 0.29) is 17.6 Å². The predicted molar refractivity (Wildman–Crippen MR) is 154 cm³/mol. The van der Waals surface area contributed by atoms with E-state index in [9.17, 15) is 18.4 Å². The van der Waals surface area contributed by atoms with Crippen molar-refractivity contribution < 1.29 is 18.4 Å². The van der Waals surface area contributed by atoms with Crippen LogP contribution in [-0.4, -0.2) is 47.5 Å². The number of nitrogens with one attached hydrogen (secondary N) is 3. The number of hydrogen-bond acceptors (Lipinski definition) is 4. The normalized spacial score (nSPS) is 15.5. The van der Waals surface area contributed by atoms with Crippen LogP contribution in [0, 0.1) is 11.6 Å². The van der Waals surface area contributed by atoms with Crippen molar-refractivity contribution >= 4 is 45.8 Å². The summed E-state index contributed by atoms with van der Waals surface area (Å²) in [5.74, 6) is -1.85. The Labute approximate surface area is 237 Å². The number of carbonyl (C=O) groups excluding carboxylic acids is 2. The molecule has 3 aromatic rings. The maximum atomic E-state index is 13.4. The maximum absolute atomic E-state index is 13.4. The number of aromatic nitrogens is 1. The van der Waals surface area contributed by atoms with Crippen molar-refractivity contribution in [3.8, 4) is 0 Å². The molecule has 10 heteroatoms. The average Bonchev–Trinajstić information content (AvgIpc) is 2.94. The van der Waals surface area contributed by atoms with Crippen molar-refractivity contribution in [2.45, 2.75) is 63.8 Å². The van der Waals surface area contributed by atoms with Gasteiger partial charge in [0, 0.05) is 65.6 Å². The monoisotopic (exact) mass is 569 g/mol. The number of urea groups is 1. The molecule has 1 aliphatic carbocycles. The number of carbonyl (C=O) groups is 2. The van der Waals surface area contributed by atoms with E-state index in [1.54, 1.807) is 0 Å². The van der Waals surface area contributed by atoms with E-state index < -0.39 is 17.7 Å². The molecular weight excluding hydrogens is 536 g/mol. The number of unbranched alkanes of at least 4 members (excludes halogenated alkanes) is 1. The fourth-order valence-corrected chi connectivity index (χ4v) is 5.74. The lowest BCUT2D eigenvalue weighted by Crippen LogP contribution is -2.47. The first kappa shape index (κ1) is 28.1. The van der Waals surface area contributed by atoms with Gasteiger partial charge in [0.1, 0.15) is 0 Å². The summed E-state index contributed by atoms with van der Waals surface area (Å²) in [5, 5.41) is 10.8. The number of fused-ring (bicyclic) bond motifs is 2. The molecule has 1 fully saturated rings. The Balaban J connectivity index is 1.04. The smallest absolute Gasteiger partial charge is 0.319 e. The zero-order chi connectivity index (χ0) is 28.1. The first-order valence-corrected chi connectivity index (χ1v) is 14.4. The zero-order valence-electron chi connectivity index (χ0n) is 22.4. The summed E-state index contributed by atoms with van der Waals surface area (Å²) in [4.78, 5) is 31.7. The standard InChI is InChI=1S/C30H34ClF2N5O2/c31-19-8-10-23-27(17-19)37-26-6-2-1-5-22(26)29(23)34-14-4-3-7-28(39)38-15-12-20(13-16-38)35-30(40)36-21-9-11-24(32)25(33)18-21/h8-11,17-18,20H,1-7,12-16H2,(H,34,37)(H2,35,36,40). The highest BCUT2D eigenvalue weighted by Gasteiger charge is 2.24. The van der Waals surface area contributed by atoms with Crippen LogP contribution in [0.5, 0.6) is 0 Å². The summed E-state index contributed by atoms with van der Waals surface area (Å²) in [7, 11) is 0. The van der Waals surface area contributed by atoms with Crippen molar-refractivity contribution in [2.24, 2.45) is 0 Å². The van der Waals surface area contributed by atoms with Gasteiger partial charge in [-0.1, -0.05) is 11.6 Å². The zero-order valence-corrected chi connectivity index (χ0v) is 23.1. The summed E-state index contributed by atoms with van der Waals surface area (Å²) in [6.07, 6.45) is 7.78. The number of piperidine rings is 1. The van der Waals surface area contributed by atoms with E-state index in [1.165, 1.54) is 23.7 Å². The fourth-order valence-electron chi connectivity index (χ4n) is 5.57. The second-order valence-corrected chi connectivity index (χ2v) is 11.0. The topological polar surface area (TPSA) is 86.4 Å². The molecule has 0 spiro atoms. The lowest BCUT2D eigenvalue weighted by atomic mass is 9.92. The molecule has 3 amide bonds. The number of benzene rings is 2. The summed E-state index contributed by atoms with van der Waals surface area (Å²) in [6.45, 7) is 1.93. The van der Waals surface area contributed by atoms with Gasteiger partial charge in [-0.2, -0.15) is 0 Å². The SMILES string of the molecule is O=C(Nc1ccc(F)c(F)c1)NC1CCN(C(=O)CCCCNc2c3c(nc4cc(Cl)ccc24)CCCC3)CC1. The molecule has 3 N–H and O–H groups in total. The van der Waals surface area contributed by atoms with E-state index in [0.29, 0.717) is 37.4 Å². The highest BCUT2D eigenvalue weighted by Crippen LogP contribution is 2.34. The molecule has 1 saturated heterocycles. The minimum Gasteiger partial charge on any atom is -0.384 e. The van der Waals surface area contributed by atoms with Gasteiger partial charge in [0.15, 0.2) is 11.6 Å². The van der Waals surface area contributed by atoms with Gasteiger partial charge in [0.2, 0.25) is 5.91 Å². The number of hydrogen-bond donors (Lipinski definition) is 3. The summed E-state index contributed by atoms with van der Waals surface area (Å²) < 4.78 is 26.4. The van der Waals surface area contributed by atoms with E-state index in [0.717, 1.165) is 67.4 Å². The molecule has 0 radical (unpaired) electrons. The van der Waals surface area contributed by atoms with E-state index in [1.807, 2.05) is 23.1 Å². The number of nitrogens with zero attached hydrogens (tertiary/aromatic N) is 2. The van der Waals surface area contributed by atoms with Crippen molar-refractivity contribution in [1.82, 2.24) is 15.2 Å². The molecule has 0 saturated carbocycles. The largest absolute Gasteiger partial charge is 0.384 e. The Kier molecular flexibility index (Phi) is 8.99. The molecule has 0 unspecified atom stereocenters. The highest BCUT2D eigenvalue weighted by atomic mass is 35.5. The lowest BCUT2D eigenvalue weighted by Gasteiger charge is -2.32. The number of halogens is 3.